The highest BCUT2D eigenvalue weighted by atomic mass is 16.5. The van der Waals surface area contributed by atoms with E-state index in [1.165, 1.54) is 18.2 Å². The average molecular weight is 298 g/mol. The Morgan fingerprint density at radius 1 is 1.36 bits per heavy atom. The van der Waals surface area contributed by atoms with Crippen molar-refractivity contribution < 1.29 is 9.53 Å². The molecule has 2 rings (SSSR count). The number of esters is 1. The molecular weight excluding hydrogens is 276 g/mol. The van der Waals surface area contributed by atoms with Gasteiger partial charge in [-0.15, -0.1) is 0 Å². The second-order valence-electron chi connectivity index (χ2n) is 5.36. The standard InChI is InChI=1S/C18H22N2O2/c1-6-8-15-12(2)9-7-10-16(15)14(4)20-17(18(21)22-5)11-13(3)19-20/h6-11,14H,1-5H3/b8-6-. The molecule has 2 aromatic rings. The molecule has 116 valence electrons. The molecule has 0 amide bonds. The fourth-order valence-corrected chi connectivity index (χ4v) is 2.66. The number of allylic oxidation sites excluding steroid dienone is 1. The fourth-order valence-electron chi connectivity index (χ4n) is 2.66. The predicted octanol–water partition coefficient (Wildman–Crippen LogP) is 3.93. The minimum atomic E-state index is -0.368. The van der Waals surface area contributed by atoms with Crippen molar-refractivity contribution >= 4 is 12.0 Å². The molecule has 0 aliphatic heterocycles. The molecule has 0 spiro atoms. The van der Waals surface area contributed by atoms with Gasteiger partial charge in [0.1, 0.15) is 5.69 Å². The number of hydrogen-bond donors (Lipinski definition) is 0. The molecule has 1 unspecified atom stereocenters. The van der Waals surface area contributed by atoms with Crippen LogP contribution in [0.3, 0.4) is 0 Å². The van der Waals surface area contributed by atoms with Gasteiger partial charge in [-0.2, -0.15) is 5.10 Å². The number of hydrogen-bond acceptors (Lipinski definition) is 3. The molecule has 4 nitrogen and oxygen atoms in total. The van der Waals surface area contributed by atoms with Crippen LogP contribution >= 0.6 is 0 Å². The van der Waals surface area contributed by atoms with Crippen LogP contribution in [0.4, 0.5) is 0 Å². The maximum Gasteiger partial charge on any atom is 0.356 e. The lowest BCUT2D eigenvalue weighted by Crippen LogP contribution is -2.17. The van der Waals surface area contributed by atoms with E-state index in [4.69, 9.17) is 4.74 Å². The Morgan fingerprint density at radius 2 is 2.09 bits per heavy atom. The Kier molecular flexibility index (Phi) is 4.81. The van der Waals surface area contributed by atoms with Crippen LogP contribution in [0.2, 0.25) is 0 Å². The number of carbonyl (C=O) groups excluding carboxylic acids is 1. The maximum absolute atomic E-state index is 12.0. The van der Waals surface area contributed by atoms with E-state index >= 15 is 0 Å². The van der Waals surface area contributed by atoms with Crippen LogP contribution < -0.4 is 0 Å². The Morgan fingerprint density at radius 3 is 2.73 bits per heavy atom. The summed E-state index contributed by atoms with van der Waals surface area (Å²) in [5, 5.41) is 4.48. The molecule has 0 N–H and O–H groups in total. The number of rotatable bonds is 4. The molecule has 0 saturated heterocycles. The lowest BCUT2D eigenvalue weighted by Gasteiger charge is -2.19. The molecule has 1 aromatic carbocycles. The van der Waals surface area contributed by atoms with Gasteiger partial charge in [0.05, 0.1) is 18.8 Å². The highest BCUT2D eigenvalue weighted by molar-refractivity contribution is 5.87. The summed E-state index contributed by atoms with van der Waals surface area (Å²) in [5.41, 5.74) is 4.77. The minimum absolute atomic E-state index is 0.0612. The number of methoxy groups -OCH3 is 1. The van der Waals surface area contributed by atoms with Crippen LogP contribution in [0.15, 0.2) is 30.3 Å². The van der Waals surface area contributed by atoms with E-state index in [1.807, 2.05) is 32.9 Å². The first kappa shape index (κ1) is 16.0. The predicted molar refractivity (Wildman–Crippen MR) is 88.0 cm³/mol. The first-order valence-electron chi connectivity index (χ1n) is 7.36. The smallest absolute Gasteiger partial charge is 0.356 e. The summed E-state index contributed by atoms with van der Waals surface area (Å²) >= 11 is 0. The van der Waals surface area contributed by atoms with Gasteiger partial charge < -0.3 is 4.74 Å². The summed E-state index contributed by atoms with van der Waals surface area (Å²) in [5.74, 6) is -0.368. The van der Waals surface area contributed by atoms with Gasteiger partial charge in [0.25, 0.3) is 0 Å². The maximum atomic E-state index is 12.0. The van der Waals surface area contributed by atoms with Crippen molar-refractivity contribution in [2.24, 2.45) is 0 Å². The lowest BCUT2D eigenvalue weighted by molar-refractivity contribution is 0.0585. The molecule has 4 heteroatoms. The minimum Gasteiger partial charge on any atom is -0.464 e. The van der Waals surface area contributed by atoms with E-state index in [2.05, 4.69) is 30.2 Å². The topological polar surface area (TPSA) is 44.1 Å². The molecule has 22 heavy (non-hydrogen) atoms. The number of aromatic nitrogens is 2. The van der Waals surface area contributed by atoms with Gasteiger partial charge in [0.2, 0.25) is 0 Å². The summed E-state index contributed by atoms with van der Waals surface area (Å²) in [4.78, 5) is 12.0. The van der Waals surface area contributed by atoms with E-state index in [0.717, 1.165) is 11.3 Å². The van der Waals surface area contributed by atoms with E-state index in [-0.39, 0.29) is 12.0 Å². The number of benzene rings is 1. The third-order valence-electron chi connectivity index (χ3n) is 3.76. The third kappa shape index (κ3) is 2.96. The Bertz CT molecular complexity index is 714. The van der Waals surface area contributed by atoms with E-state index in [0.29, 0.717) is 5.69 Å². The van der Waals surface area contributed by atoms with Crippen LogP contribution in [0.25, 0.3) is 6.08 Å². The van der Waals surface area contributed by atoms with Crippen molar-refractivity contribution in [1.82, 2.24) is 9.78 Å². The van der Waals surface area contributed by atoms with Crippen molar-refractivity contribution in [3.05, 3.63) is 58.4 Å². The van der Waals surface area contributed by atoms with Crippen LogP contribution in [0, 0.1) is 13.8 Å². The second kappa shape index (κ2) is 6.60. The van der Waals surface area contributed by atoms with Crippen LogP contribution in [-0.4, -0.2) is 22.9 Å². The molecule has 1 heterocycles. The molecule has 0 bridgehead atoms. The van der Waals surface area contributed by atoms with Crippen molar-refractivity contribution in [3.8, 4) is 0 Å². The zero-order valence-electron chi connectivity index (χ0n) is 13.8. The lowest BCUT2D eigenvalue weighted by atomic mass is 9.96. The molecule has 0 radical (unpaired) electrons. The zero-order chi connectivity index (χ0) is 16.3. The quantitative estimate of drug-likeness (QED) is 0.803. The summed E-state index contributed by atoms with van der Waals surface area (Å²) < 4.78 is 6.60. The fraction of sp³-hybridized carbons (Fsp3) is 0.333. The highest BCUT2D eigenvalue weighted by Crippen LogP contribution is 2.27. The summed E-state index contributed by atoms with van der Waals surface area (Å²) in [6.45, 7) is 8.00. The molecule has 1 aromatic heterocycles. The van der Waals surface area contributed by atoms with Gasteiger partial charge in [-0.05, 0) is 50.5 Å². The number of nitrogens with zero attached hydrogens (tertiary/aromatic N) is 2. The summed E-state index contributed by atoms with van der Waals surface area (Å²) in [6.07, 6.45) is 4.11. The van der Waals surface area contributed by atoms with Crippen molar-refractivity contribution in [3.63, 3.8) is 0 Å². The molecular formula is C18H22N2O2. The van der Waals surface area contributed by atoms with Gasteiger partial charge >= 0.3 is 5.97 Å². The molecule has 0 saturated carbocycles. The largest absolute Gasteiger partial charge is 0.464 e. The van der Waals surface area contributed by atoms with Crippen molar-refractivity contribution in [2.45, 2.75) is 33.7 Å². The van der Waals surface area contributed by atoms with Crippen LogP contribution in [0.5, 0.6) is 0 Å². The number of ether oxygens (including phenoxy) is 1. The summed E-state index contributed by atoms with van der Waals surface area (Å²) in [6, 6.07) is 7.89. The Balaban J connectivity index is 2.56. The summed E-state index contributed by atoms with van der Waals surface area (Å²) in [7, 11) is 1.39. The van der Waals surface area contributed by atoms with E-state index < -0.39 is 0 Å². The molecule has 0 aliphatic rings. The first-order chi connectivity index (χ1) is 10.5. The normalized spacial score (nSPS) is 12.6. The van der Waals surface area contributed by atoms with Crippen molar-refractivity contribution in [2.75, 3.05) is 7.11 Å². The van der Waals surface area contributed by atoms with Crippen molar-refractivity contribution in [1.29, 1.82) is 0 Å². The molecule has 0 aliphatic carbocycles. The van der Waals surface area contributed by atoms with E-state index in [9.17, 15) is 4.79 Å². The third-order valence-corrected chi connectivity index (χ3v) is 3.76. The SMILES string of the molecule is C/C=C\c1c(C)cccc1C(C)n1nc(C)cc1C(=O)OC. The van der Waals surface area contributed by atoms with Gasteiger partial charge in [0, 0.05) is 0 Å². The monoisotopic (exact) mass is 298 g/mol. The van der Waals surface area contributed by atoms with E-state index in [1.54, 1.807) is 10.7 Å². The van der Waals surface area contributed by atoms with Gasteiger partial charge in [-0.3, -0.25) is 4.68 Å². The molecule has 1 atom stereocenters. The number of aryl methyl sites for hydroxylation is 2. The number of carbonyl (C=O) groups is 1. The average Bonchev–Trinajstić information content (AvgIpc) is 2.90. The van der Waals surface area contributed by atoms with Gasteiger partial charge in [-0.1, -0.05) is 30.4 Å². The van der Waals surface area contributed by atoms with Gasteiger partial charge in [-0.25, -0.2) is 4.79 Å². The van der Waals surface area contributed by atoms with Crippen LogP contribution in [0.1, 0.15) is 52.8 Å². The van der Waals surface area contributed by atoms with Gasteiger partial charge in [0.15, 0.2) is 0 Å². The highest BCUT2D eigenvalue weighted by Gasteiger charge is 2.21. The Labute approximate surface area is 131 Å². The first-order valence-corrected chi connectivity index (χ1v) is 7.36. The zero-order valence-corrected chi connectivity index (χ0v) is 13.8. The van der Waals surface area contributed by atoms with Crippen LogP contribution in [-0.2, 0) is 4.74 Å². The second-order valence-corrected chi connectivity index (χ2v) is 5.36. The molecule has 0 fully saturated rings. The Hall–Kier alpha value is -2.36.